The fourth-order valence-electron chi connectivity index (χ4n) is 3.37. The third kappa shape index (κ3) is 4.20. The summed E-state index contributed by atoms with van der Waals surface area (Å²) in [5.74, 6) is -0.267. The fourth-order valence-corrected chi connectivity index (χ4v) is 4.03. The quantitative estimate of drug-likeness (QED) is 0.622. The molecule has 6 heteroatoms. The number of ether oxygens (including phenoxy) is 1. The van der Waals surface area contributed by atoms with Crippen LogP contribution in [0.2, 0.25) is 0 Å². The van der Waals surface area contributed by atoms with Crippen LogP contribution in [0.15, 0.2) is 53.5 Å². The van der Waals surface area contributed by atoms with Crippen molar-refractivity contribution >= 4 is 11.3 Å². The molecule has 4 nitrogen and oxygen atoms in total. The second-order valence-electron chi connectivity index (χ2n) is 6.68. The highest BCUT2D eigenvalue weighted by atomic mass is 32.1. The van der Waals surface area contributed by atoms with Crippen molar-refractivity contribution in [1.82, 2.24) is 14.7 Å². The molecule has 0 saturated carbocycles. The third-order valence-electron chi connectivity index (χ3n) is 4.61. The molecule has 2 aromatic heterocycles. The van der Waals surface area contributed by atoms with Crippen LogP contribution in [0.25, 0.3) is 5.69 Å². The number of aromatic nitrogens is 2. The lowest BCUT2D eigenvalue weighted by molar-refractivity contribution is 0.0679. The minimum absolute atomic E-state index is 0.267. The van der Waals surface area contributed by atoms with Crippen molar-refractivity contribution in [2.75, 3.05) is 13.2 Å². The van der Waals surface area contributed by atoms with E-state index in [9.17, 15) is 4.39 Å². The van der Waals surface area contributed by atoms with Crippen molar-refractivity contribution in [2.24, 2.45) is 0 Å². The van der Waals surface area contributed by atoms with Gasteiger partial charge < -0.3 is 4.74 Å². The van der Waals surface area contributed by atoms with Crippen molar-refractivity contribution in [3.8, 4) is 5.69 Å². The van der Waals surface area contributed by atoms with E-state index in [1.807, 2.05) is 18.5 Å². The predicted octanol–water partition coefficient (Wildman–Crippen LogP) is 4.25. The molecule has 3 aromatic rings. The summed E-state index contributed by atoms with van der Waals surface area (Å²) in [6, 6.07) is 8.86. The molecule has 0 bridgehead atoms. The summed E-state index contributed by atoms with van der Waals surface area (Å²) >= 11 is 1.72. The number of thiophene rings is 1. The van der Waals surface area contributed by atoms with Gasteiger partial charge in [0.25, 0.3) is 0 Å². The zero-order valence-electron chi connectivity index (χ0n) is 14.6. The Hall–Kier alpha value is -2.02. The molecule has 3 heterocycles. The minimum Gasteiger partial charge on any atom is -0.377 e. The van der Waals surface area contributed by atoms with Crippen LogP contribution >= 0.6 is 11.3 Å². The van der Waals surface area contributed by atoms with E-state index in [4.69, 9.17) is 4.74 Å². The first-order valence-electron chi connectivity index (χ1n) is 8.91. The number of halogens is 1. The largest absolute Gasteiger partial charge is 0.377 e. The summed E-state index contributed by atoms with van der Waals surface area (Å²) in [7, 11) is 0. The molecule has 0 amide bonds. The lowest BCUT2D eigenvalue weighted by atomic mass is 10.2. The van der Waals surface area contributed by atoms with Gasteiger partial charge in [0.15, 0.2) is 0 Å². The van der Waals surface area contributed by atoms with Crippen molar-refractivity contribution in [1.29, 1.82) is 0 Å². The van der Waals surface area contributed by atoms with Crippen LogP contribution < -0.4 is 0 Å². The Morgan fingerprint density at radius 1 is 1.23 bits per heavy atom. The SMILES string of the molecule is Fc1ccccc1-n1cc(CN(Cc2ccsc2)CC2CCCO2)cn1. The Labute approximate surface area is 156 Å². The molecule has 1 aromatic carbocycles. The molecule has 1 atom stereocenters. The minimum atomic E-state index is -0.267. The van der Waals surface area contributed by atoms with E-state index in [1.54, 1.807) is 28.2 Å². The van der Waals surface area contributed by atoms with Gasteiger partial charge in [-0.05, 0) is 47.4 Å². The van der Waals surface area contributed by atoms with E-state index >= 15 is 0 Å². The second kappa shape index (κ2) is 8.12. The molecule has 0 radical (unpaired) electrons. The van der Waals surface area contributed by atoms with Crippen LogP contribution in [0, 0.1) is 5.82 Å². The maximum atomic E-state index is 14.0. The third-order valence-corrected chi connectivity index (χ3v) is 5.35. The molecule has 4 rings (SSSR count). The van der Waals surface area contributed by atoms with Crippen molar-refractivity contribution < 1.29 is 9.13 Å². The van der Waals surface area contributed by atoms with Crippen molar-refractivity contribution in [2.45, 2.75) is 32.0 Å². The van der Waals surface area contributed by atoms with Gasteiger partial charge in [-0.25, -0.2) is 9.07 Å². The van der Waals surface area contributed by atoms with E-state index in [0.717, 1.165) is 44.6 Å². The Morgan fingerprint density at radius 3 is 2.88 bits per heavy atom. The second-order valence-corrected chi connectivity index (χ2v) is 7.46. The molecule has 0 N–H and O–H groups in total. The van der Waals surface area contributed by atoms with Crippen LogP contribution in [0.3, 0.4) is 0 Å². The highest BCUT2D eigenvalue weighted by Crippen LogP contribution is 2.19. The van der Waals surface area contributed by atoms with E-state index in [0.29, 0.717) is 11.8 Å². The Bertz CT molecular complexity index is 827. The molecular weight excluding hydrogens is 349 g/mol. The standard InChI is InChI=1S/C20H22FN3OS/c21-19-5-1-2-6-20(19)24-13-17(10-22-24)12-23(11-16-7-9-26-15-16)14-18-4-3-8-25-18/h1-2,5-7,9-10,13,15,18H,3-4,8,11-12,14H2. The monoisotopic (exact) mass is 371 g/mol. The summed E-state index contributed by atoms with van der Waals surface area (Å²) < 4.78 is 21.4. The first-order valence-corrected chi connectivity index (χ1v) is 9.86. The summed E-state index contributed by atoms with van der Waals surface area (Å²) in [6.45, 7) is 3.42. The molecule has 0 spiro atoms. The molecule has 1 unspecified atom stereocenters. The summed E-state index contributed by atoms with van der Waals surface area (Å²) in [5.41, 5.74) is 2.86. The molecule has 0 aliphatic carbocycles. The van der Waals surface area contributed by atoms with Crippen LogP contribution in [0.5, 0.6) is 0 Å². The van der Waals surface area contributed by atoms with Gasteiger partial charge in [0, 0.05) is 38.0 Å². The first kappa shape index (κ1) is 17.4. The maximum Gasteiger partial charge on any atom is 0.148 e. The van der Waals surface area contributed by atoms with Crippen LogP contribution in [0.4, 0.5) is 4.39 Å². The Kier molecular flexibility index (Phi) is 5.43. The maximum absolute atomic E-state index is 14.0. The van der Waals surface area contributed by atoms with Crippen molar-refractivity contribution in [3.05, 3.63) is 70.4 Å². The highest BCUT2D eigenvalue weighted by molar-refractivity contribution is 7.07. The Morgan fingerprint density at radius 2 is 2.12 bits per heavy atom. The number of benzene rings is 1. The molecule has 1 fully saturated rings. The molecule has 1 aliphatic rings. The number of nitrogens with zero attached hydrogens (tertiary/aromatic N) is 3. The van der Waals surface area contributed by atoms with Crippen LogP contribution in [-0.4, -0.2) is 33.9 Å². The average Bonchev–Trinajstić information content (AvgIpc) is 3.38. The normalized spacial score (nSPS) is 17.2. The topological polar surface area (TPSA) is 30.3 Å². The first-order chi connectivity index (χ1) is 12.8. The van der Waals surface area contributed by atoms with Gasteiger partial charge in [0.2, 0.25) is 0 Å². The van der Waals surface area contributed by atoms with Gasteiger partial charge in [0.05, 0.1) is 12.3 Å². The molecule has 1 aliphatic heterocycles. The fraction of sp³-hybridized carbons (Fsp3) is 0.350. The summed E-state index contributed by atoms with van der Waals surface area (Å²) in [6.07, 6.45) is 6.30. The predicted molar refractivity (Wildman–Crippen MR) is 101 cm³/mol. The van der Waals surface area contributed by atoms with E-state index in [-0.39, 0.29) is 5.82 Å². The number of para-hydroxylation sites is 1. The van der Waals surface area contributed by atoms with Gasteiger partial charge in [-0.2, -0.15) is 16.4 Å². The number of rotatable bonds is 7. The van der Waals surface area contributed by atoms with Crippen LogP contribution in [-0.2, 0) is 17.8 Å². The summed E-state index contributed by atoms with van der Waals surface area (Å²) in [4.78, 5) is 2.39. The lowest BCUT2D eigenvalue weighted by Gasteiger charge is -2.24. The molecule has 26 heavy (non-hydrogen) atoms. The van der Waals surface area contributed by atoms with Crippen molar-refractivity contribution in [3.63, 3.8) is 0 Å². The van der Waals surface area contributed by atoms with Gasteiger partial charge in [0.1, 0.15) is 11.5 Å². The van der Waals surface area contributed by atoms with E-state index in [1.165, 1.54) is 11.6 Å². The average molecular weight is 371 g/mol. The van der Waals surface area contributed by atoms with E-state index < -0.39 is 0 Å². The van der Waals surface area contributed by atoms with Crippen LogP contribution in [0.1, 0.15) is 24.0 Å². The molecule has 1 saturated heterocycles. The van der Waals surface area contributed by atoms with Gasteiger partial charge in [-0.3, -0.25) is 4.90 Å². The molecular formula is C20H22FN3OS. The van der Waals surface area contributed by atoms with E-state index in [2.05, 4.69) is 26.8 Å². The van der Waals surface area contributed by atoms with Gasteiger partial charge in [-0.1, -0.05) is 12.1 Å². The smallest absolute Gasteiger partial charge is 0.148 e. The molecule has 136 valence electrons. The Balaban J connectivity index is 1.48. The zero-order valence-corrected chi connectivity index (χ0v) is 15.4. The van der Waals surface area contributed by atoms with Gasteiger partial charge >= 0.3 is 0 Å². The highest BCUT2D eigenvalue weighted by Gasteiger charge is 2.20. The number of hydrogen-bond donors (Lipinski definition) is 0. The lowest BCUT2D eigenvalue weighted by Crippen LogP contribution is -2.31. The van der Waals surface area contributed by atoms with Gasteiger partial charge in [-0.15, -0.1) is 0 Å². The zero-order chi connectivity index (χ0) is 17.8. The number of hydrogen-bond acceptors (Lipinski definition) is 4. The summed E-state index contributed by atoms with van der Waals surface area (Å²) in [5, 5.41) is 8.64.